The van der Waals surface area contributed by atoms with E-state index in [1.54, 1.807) is 6.92 Å². The third-order valence-corrected chi connectivity index (χ3v) is 1.07. The van der Waals surface area contributed by atoms with Gasteiger partial charge in [0.25, 0.3) is 0 Å². The average molecular weight is 186 g/mol. The Bertz CT molecular complexity index is 219. The molecule has 0 bridgehead atoms. The molecule has 0 amide bonds. The lowest BCUT2D eigenvalue weighted by Crippen LogP contribution is -1.86. The van der Waals surface area contributed by atoms with Gasteiger partial charge in [0.05, 0.1) is 7.11 Å². The summed E-state index contributed by atoms with van der Waals surface area (Å²) in [6.07, 6.45) is 2.24. The number of ether oxygens (including phenoxy) is 1. The van der Waals surface area contributed by atoms with Gasteiger partial charge in [0.15, 0.2) is 0 Å². The molecule has 3 heteroatoms. The van der Waals surface area contributed by atoms with Crippen molar-refractivity contribution in [2.75, 3.05) is 7.11 Å². The van der Waals surface area contributed by atoms with E-state index in [1.165, 1.54) is 20.1 Å². The van der Waals surface area contributed by atoms with Gasteiger partial charge >= 0.3 is 0 Å². The Morgan fingerprint density at radius 2 is 1.92 bits per heavy atom. The molecule has 0 radical (unpaired) electrons. The zero-order valence-electron chi connectivity index (χ0n) is 8.33. The quantitative estimate of drug-likeness (QED) is 0.418. The lowest BCUT2D eigenvalue weighted by atomic mass is 10.2. The van der Waals surface area contributed by atoms with Crippen LogP contribution in [0.4, 0.5) is 0 Å². The van der Waals surface area contributed by atoms with E-state index in [0.29, 0.717) is 5.76 Å². The van der Waals surface area contributed by atoms with Crippen molar-refractivity contribution >= 4 is 6.29 Å². The smallest absolute Gasteiger partial charge is 0.116 e. The van der Waals surface area contributed by atoms with Gasteiger partial charge in [-0.3, -0.25) is 0 Å². The van der Waals surface area contributed by atoms with Gasteiger partial charge in [-0.2, -0.15) is 0 Å². The van der Waals surface area contributed by atoms with E-state index >= 15 is 0 Å². The summed E-state index contributed by atoms with van der Waals surface area (Å²) in [6, 6.07) is 0. The molecular weight excluding hydrogens is 168 g/mol. The highest BCUT2D eigenvalue weighted by molar-refractivity contribution is 5.44. The summed E-state index contributed by atoms with van der Waals surface area (Å²) in [4.78, 5) is 8.81. The molecule has 0 saturated carbocycles. The van der Waals surface area contributed by atoms with Crippen molar-refractivity contribution in [2.24, 2.45) is 0 Å². The lowest BCUT2D eigenvalue weighted by Gasteiger charge is -2.02. The Labute approximate surface area is 80.5 Å². The first-order valence-electron chi connectivity index (χ1n) is 3.68. The molecule has 0 aromatic carbocycles. The molecule has 76 valence electrons. The van der Waals surface area contributed by atoms with Crippen molar-refractivity contribution in [3.05, 3.63) is 36.3 Å². The summed E-state index contributed by atoms with van der Waals surface area (Å²) in [5.74, 6) is 0.547. The number of carbonyl (C=O) groups excluding carboxylic acids is 1. The minimum atomic E-state index is 0. The van der Waals surface area contributed by atoms with E-state index in [1.807, 2.05) is 0 Å². The minimum absolute atomic E-state index is 0. The van der Waals surface area contributed by atoms with Crippen LogP contribution < -0.4 is 0 Å². The first kappa shape index (κ1) is 14.0. The van der Waals surface area contributed by atoms with E-state index in [0.717, 1.165) is 11.9 Å². The van der Waals surface area contributed by atoms with Crippen LogP contribution in [0.15, 0.2) is 36.3 Å². The van der Waals surface area contributed by atoms with Gasteiger partial charge < -0.3 is 14.6 Å². The standard InChI is InChI=1S/C8H12O2.C2H4O.H2/c1-6(5-7(2)9)8(3)10-4;1-2-3;/h5,9H,2-3H2,1,4H3;2H,1H3;1H/b6-5-;;. The maximum absolute atomic E-state index is 8.81. The lowest BCUT2D eigenvalue weighted by molar-refractivity contribution is -0.106. The second kappa shape index (κ2) is 8.59. The molecule has 3 nitrogen and oxygen atoms in total. The molecular formula is C10H18O3. The second-order valence-corrected chi connectivity index (χ2v) is 2.18. The normalized spacial score (nSPS) is 9.31. The molecule has 0 spiro atoms. The molecule has 13 heavy (non-hydrogen) atoms. The largest absolute Gasteiger partial charge is 0.509 e. The SMILES string of the molecule is C=C(O)/C=C(/C)C(=C)OC.CC=O.[HH]. The number of carbonyl (C=O) groups is 1. The van der Waals surface area contributed by atoms with Crippen molar-refractivity contribution in [3.63, 3.8) is 0 Å². The first-order valence-corrected chi connectivity index (χ1v) is 3.68. The molecule has 0 aliphatic rings. The molecule has 0 unspecified atom stereocenters. The topological polar surface area (TPSA) is 46.5 Å². The number of methoxy groups -OCH3 is 1. The molecule has 0 aliphatic carbocycles. The predicted molar refractivity (Wildman–Crippen MR) is 55.5 cm³/mol. The highest BCUT2D eigenvalue weighted by Crippen LogP contribution is 2.07. The van der Waals surface area contributed by atoms with Gasteiger partial charge in [-0.05, 0) is 25.5 Å². The number of hydrogen-bond acceptors (Lipinski definition) is 3. The van der Waals surface area contributed by atoms with Crippen molar-refractivity contribution in [3.8, 4) is 0 Å². The molecule has 0 atom stereocenters. The monoisotopic (exact) mass is 186 g/mol. The Morgan fingerprint density at radius 1 is 1.54 bits per heavy atom. The van der Waals surface area contributed by atoms with E-state index in [-0.39, 0.29) is 7.19 Å². The van der Waals surface area contributed by atoms with Crippen LogP contribution in [0.3, 0.4) is 0 Å². The Morgan fingerprint density at radius 3 is 2.15 bits per heavy atom. The summed E-state index contributed by atoms with van der Waals surface area (Å²) < 4.78 is 4.80. The Balaban J connectivity index is -0.000000267. The molecule has 0 aromatic heterocycles. The molecule has 0 rings (SSSR count). The van der Waals surface area contributed by atoms with Gasteiger partial charge in [-0.25, -0.2) is 0 Å². The fraction of sp³-hybridized carbons (Fsp3) is 0.300. The summed E-state index contributed by atoms with van der Waals surface area (Å²) in [5, 5.41) is 8.70. The zero-order valence-corrected chi connectivity index (χ0v) is 8.33. The van der Waals surface area contributed by atoms with Crippen LogP contribution in [-0.2, 0) is 9.53 Å². The third kappa shape index (κ3) is 10.5. The highest BCUT2D eigenvalue weighted by Gasteiger charge is 1.94. The maximum Gasteiger partial charge on any atom is 0.116 e. The fourth-order valence-corrected chi connectivity index (χ4v) is 0.491. The maximum atomic E-state index is 8.81. The summed E-state index contributed by atoms with van der Waals surface area (Å²) in [5.41, 5.74) is 0.773. The van der Waals surface area contributed by atoms with Crippen LogP contribution >= 0.6 is 0 Å². The number of hydrogen-bond donors (Lipinski definition) is 1. The van der Waals surface area contributed by atoms with Crippen LogP contribution in [-0.4, -0.2) is 18.5 Å². The molecule has 1 N–H and O–H groups in total. The molecule has 0 fully saturated rings. The number of aliphatic hydroxyl groups excluding tert-OH is 1. The number of rotatable bonds is 3. The van der Waals surface area contributed by atoms with Crippen molar-refractivity contribution in [1.29, 1.82) is 0 Å². The fourth-order valence-electron chi connectivity index (χ4n) is 0.491. The number of aliphatic hydroxyl groups is 1. The number of aldehydes is 1. The Kier molecular flexibility index (Phi) is 9.27. The first-order chi connectivity index (χ1) is 5.99. The van der Waals surface area contributed by atoms with Crippen molar-refractivity contribution in [2.45, 2.75) is 13.8 Å². The molecule has 0 saturated heterocycles. The Hall–Kier alpha value is -1.51. The van der Waals surface area contributed by atoms with E-state index in [4.69, 9.17) is 14.6 Å². The van der Waals surface area contributed by atoms with Crippen molar-refractivity contribution in [1.82, 2.24) is 0 Å². The second-order valence-electron chi connectivity index (χ2n) is 2.18. The van der Waals surface area contributed by atoms with Crippen LogP contribution in [0, 0.1) is 0 Å². The zero-order chi connectivity index (χ0) is 10.9. The summed E-state index contributed by atoms with van der Waals surface area (Å²) in [7, 11) is 1.53. The van der Waals surface area contributed by atoms with Gasteiger partial charge in [-0.1, -0.05) is 13.2 Å². The predicted octanol–water partition coefficient (Wildman–Crippen LogP) is 2.62. The van der Waals surface area contributed by atoms with Gasteiger partial charge in [0, 0.05) is 1.43 Å². The highest BCUT2D eigenvalue weighted by atomic mass is 16.5. The average Bonchev–Trinajstić information content (AvgIpc) is 2.03. The van der Waals surface area contributed by atoms with Crippen LogP contribution in [0.2, 0.25) is 0 Å². The van der Waals surface area contributed by atoms with Gasteiger partial charge in [0.1, 0.15) is 17.8 Å². The molecule has 0 heterocycles. The summed E-state index contributed by atoms with van der Waals surface area (Å²) in [6.45, 7) is 10.1. The van der Waals surface area contributed by atoms with Crippen molar-refractivity contribution < 1.29 is 16.1 Å². The third-order valence-electron chi connectivity index (χ3n) is 1.07. The van der Waals surface area contributed by atoms with E-state index in [2.05, 4.69) is 13.2 Å². The van der Waals surface area contributed by atoms with Crippen LogP contribution in [0.5, 0.6) is 0 Å². The van der Waals surface area contributed by atoms with E-state index in [9.17, 15) is 0 Å². The van der Waals surface area contributed by atoms with Crippen LogP contribution in [0.1, 0.15) is 15.3 Å². The summed E-state index contributed by atoms with van der Waals surface area (Å²) >= 11 is 0. The van der Waals surface area contributed by atoms with E-state index < -0.39 is 0 Å². The van der Waals surface area contributed by atoms with Gasteiger partial charge in [-0.15, -0.1) is 0 Å². The minimum Gasteiger partial charge on any atom is -0.509 e. The molecule has 0 aromatic rings. The number of allylic oxidation sites excluding steroid dienone is 2. The molecule has 0 aliphatic heterocycles. The van der Waals surface area contributed by atoms with Gasteiger partial charge in [0.2, 0.25) is 0 Å². The van der Waals surface area contributed by atoms with Crippen LogP contribution in [0.25, 0.3) is 0 Å².